The molecule has 0 radical (unpaired) electrons. The number of nitrogens with zero attached hydrogens (tertiary/aromatic N) is 2. The molecule has 0 bridgehead atoms. The fourth-order valence-corrected chi connectivity index (χ4v) is 2.96. The largest absolute Gasteiger partial charge is 0.359 e. The van der Waals surface area contributed by atoms with Crippen LogP contribution in [-0.2, 0) is 11.8 Å². The molecule has 2 aromatic rings. The minimum atomic E-state index is -0.175. The van der Waals surface area contributed by atoms with Crippen LogP contribution in [0.3, 0.4) is 0 Å². The highest BCUT2D eigenvalue weighted by molar-refractivity contribution is 7.13. The molecule has 2 heterocycles. The Kier molecular flexibility index (Phi) is 5.01. The third kappa shape index (κ3) is 3.94. The maximum atomic E-state index is 12.4. The summed E-state index contributed by atoms with van der Waals surface area (Å²) >= 11 is 1.46. The number of hydrogen-bond acceptors (Lipinski definition) is 5. The number of carbonyl (C=O) groups is 1. The third-order valence-electron chi connectivity index (χ3n) is 3.28. The van der Waals surface area contributed by atoms with Crippen LogP contribution in [-0.4, -0.2) is 16.0 Å². The lowest BCUT2D eigenvalue weighted by atomic mass is 9.93. The van der Waals surface area contributed by atoms with Gasteiger partial charge in [-0.2, -0.15) is 0 Å². The number of amides is 1. The van der Waals surface area contributed by atoms with Gasteiger partial charge in [-0.05, 0) is 19.8 Å². The molecule has 2 rings (SSSR count). The predicted octanol–water partition coefficient (Wildman–Crippen LogP) is 4.33. The summed E-state index contributed by atoms with van der Waals surface area (Å²) in [6, 6.07) is 1.77. The van der Waals surface area contributed by atoms with Crippen molar-refractivity contribution in [3.8, 4) is 0 Å². The van der Waals surface area contributed by atoms with Gasteiger partial charge < -0.3 is 9.84 Å². The quantitative estimate of drug-likeness (QED) is 0.890. The number of unbranched alkanes of at least 4 members (excludes halogenated alkanes) is 1. The molecular weight excluding hydrogens is 298 g/mol. The summed E-state index contributed by atoms with van der Waals surface area (Å²) in [6.45, 7) is 10.1. The zero-order chi connectivity index (χ0) is 16.3. The van der Waals surface area contributed by atoms with Crippen molar-refractivity contribution in [2.45, 2.75) is 59.3 Å². The maximum absolute atomic E-state index is 12.4. The maximum Gasteiger partial charge on any atom is 0.268 e. The SMILES string of the molecule is CCCCc1nc(C)c(C(=O)Nc2cc(C(C)(C)C)on2)s1. The average molecular weight is 321 g/mol. The molecule has 0 aliphatic heterocycles. The number of nitrogens with one attached hydrogen (secondary N) is 1. The topological polar surface area (TPSA) is 68.0 Å². The Balaban J connectivity index is 2.09. The van der Waals surface area contributed by atoms with Gasteiger partial charge in [-0.25, -0.2) is 4.98 Å². The zero-order valence-corrected chi connectivity index (χ0v) is 14.6. The predicted molar refractivity (Wildman–Crippen MR) is 88.6 cm³/mol. The molecule has 0 atom stereocenters. The molecule has 0 spiro atoms. The van der Waals surface area contributed by atoms with Crippen molar-refractivity contribution in [2.24, 2.45) is 0 Å². The number of thiazole rings is 1. The summed E-state index contributed by atoms with van der Waals surface area (Å²) in [4.78, 5) is 17.5. The van der Waals surface area contributed by atoms with E-state index in [2.05, 4.69) is 22.4 Å². The van der Waals surface area contributed by atoms with Gasteiger partial charge in [0.15, 0.2) is 5.82 Å². The van der Waals surface area contributed by atoms with Crippen molar-refractivity contribution < 1.29 is 9.32 Å². The van der Waals surface area contributed by atoms with E-state index in [1.54, 1.807) is 6.07 Å². The number of aryl methyl sites for hydroxylation is 2. The van der Waals surface area contributed by atoms with Crippen molar-refractivity contribution in [2.75, 3.05) is 5.32 Å². The monoisotopic (exact) mass is 321 g/mol. The molecule has 0 saturated carbocycles. The summed E-state index contributed by atoms with van der Waals surface area (Å²) < 4.78 is 5.28. The highest BCUT2D eigenvalue weighted by Crippen LogP contribution is 2.25. The van der Waals surface area contributed by atoms with Crippen LogP contribution in [0, 0.1) is 6.92 Å². The van der Waals surface area contributed by atoms with E-state index in [4.69, 9.17) is 4.52 Å². The summed E-state index contributed by atoms with van der Waals surface area (Å²) in [5.41, 5.74) is 0.636. The van der Waals surface area contributed by atoms with Crippen molar-refractivity contribution in [1.29, 1.82) is 0 Å². The van der Waals surface area contributed by atoms with E-state index in [1.807, 2.05) is 27.7 Å². The van der Waals surface area contributed by atoms with Crippen LogP contribution in [0.5, 0.6) is 0 Å². The minimum Gasteiger partial charge on any atom is -0.359 e. The third-order valence-corrected chi connectivity index (χ3v) is 4.50. The minimum absolute atomic E-state index is 0.135. The second-order valence-electron chi connectivity index (χ2n) is 6.41. The van der Waals surface area contributed by atoms with E-state index >= 15 is 0 Å². The van der Waals surface area contributed by atoms with Crippen molar-refractivity contribution >= 4 is 23.1 Å². The Morgan fingerprint density at radius 1 is 1.41 bits per heavy atom. The Morgan fingerprint density at radius 2 is 2.14 bits per heavy atom. The number of anilines is 1. The summed E-state index contributed by atoms with van der Waals surface area (Å²) in [6.07, 6.45) is 3.13. The van der Waals surface area contributed by atoms with Gasteiger partial charge in [0, 0.05) is 11.5 Å². The molecule has 6 heteroatoms. The van der Waals surface area contributed by atoms with E-state index in [1.165, 1.54) is 11.3 Å². The Bertz CT molecular complexity index is 653. The average Bonchev–Trinajstić information content (AvgIpc) is 3.02. The first-order chi connectivity index (χ1) is 10.3. The number of carbonyl (C=O) groups excluding carboxylic acids is 1. The second kappa shape index (κ2) is 6.60. The van der Waals surface area contributed by atoms with E-state index in [9.17, 15) is 4.79 Å². The molecular formula is C16H23N3O2S. The molecule has 22 heavy (non-hydrogen) atoms. The molecule has 0 aromatic carbocycles. The van der Waals surface area contributed by atoms with Gasteiger partial charge in [0.1, 0.15) is 10.6 Å². The lowest BCUT2D eigenvalue weighted by Crippen LogP contribution is -2.12. The van der Waals surface area contributed by atoms with E-state index in [-0.39, 0.29) is 11.3 Å². The van der Waals surface area contributed by atoms with E-state index in [0.717, 1.165) is 35.7 Å². The first kappa shape index (κ1) is 16.7. The first-order valence-electron chi connectivity index (χ1n) is 7.56. The molecule has 1 amide bonds. The lowest BCUT2D eigenvalue weighted by Gasteiger charge is -2.11. The molecule has 0 aliphatic carbocycles. The molecule has 0 fully saturated rings. The van der Waals surface area contributed by atoms with Gasteiger partial charge in [0.05, 0.1) is 10.7 Å². The van der Waals surface area contributed by atoms with Crippen LogP contribution in [0.2, 0.25) is 0 Å². The van der Waals surface area contributed by atoms with Gasteiger partial charge in [0.2, 0.25) is 0 Å². The molecule has 0 aliphatic rings. The second-order valence-corrected chi connectivity index (χ2v) is 7.49. The van der Waals surface area contributed by atoms with Crippen molar-refractivity contribution in [1.82, 2.24) is 10.1 Å². The van der Waals surface area contributed by atoms with Crippen LogP contribution in [0.15, 0.2) is 10.6 Å². The molecule has 120 valence electrons. The number of rotatable bonds is 5. The van der Waals surface area contributed by atoms with Crippen LogP contribution >= 0.6 is 11.3 Å². The Labute approximate surface area is 135 Å². The molecule has 0 saturated heterocycles. The van der Waals surface area contributed by atoms with Gasteiger partial charge >= 0.3 is 0 Å². The number of aromatic nitrogens is 2. The van der Waals surface area contributed by atoms with Crippen LogP contribution in [0.25, 0.3) is 0 Å². The normalized spacial score (nSPS) is 11.7. The smallest absolute Gasteiger partial charge is 0.268 e. The lowest BCUT2D eigenvalue weighted by molar-refractivity contribution is 0.102. The van der Waals surface area contributed by atoms with Gasteiger partial charge in [-0.3, -0.25) is 4.79 Å². The fourth-order valence-electron chi connectivity index (χ4n) is 1.96. The van der Waals surface area contributed by atoms with Crippen LogP contribution in [0.1, 0.15) is 66.7 Å². The first-order valence-corrected chi connectivity index (χ1v) is 8.37. The number of hydrogen-bond donors (Lipinski definition) is 1. The fraction of sp³-hybridized carbons (Fsp3) is 0.562. The summed E-state index contributed by atoms with van der Waals surface area (Å²) in [7, 11) is 0. The van der Waals surface area contributed by atoms with Gasteiger partial charge in [0.25, 0.3) is 5.91 Å². The Morgan fingerprint density at radius 3 is 2.73 bits per heavy atom. The molecule has 0 unspecified atom stereocenters. The van der Waals surface area contributed by atoms with Gasteiger partial charge in [-0.15, -0.1) is 11.3 Å². The van der Waals surface area contributed by atoms with Crippen LogP contribution < -0.4 is 5.32 Å². The molecule has 1 N–H and O–H groups in total. The molecule has 5 nitrogen and oxygen atoms in total. The van der Waals surface area contributed by atoms with E-state index < -0.39 is 0 Å². The summed E-state index contributed by atoms with van der Waals surface area (Å²) in [5.74, 6) is 1.01. The van der Waals surface area contributed by atoms with Crippen molar-refractivity contribution in [3.05, 3.63) is 27.4 Å². The Hall–Kier alpha value is -1.69. The van der Waals surface area contributed by atoms with Crippen LogP contribution in [0.4, 0.5) is 5.82 Å². The highest BCUT2D eigenvalue weighted by atomic mass is 32.1. The van der Waals surface area contributed by atoms with Gasteiger partial charge in [-0.1, -0.05) is 39.3 Å². The zero-order valence-electron chi connectivity index (χ0n) is 13.8. The highest BCUT2D eigenvalue weighted by Gasteiger charge is 2.21. The standard InChI is InChI=1S/C16H23N3O2S/c1-6-7-8-13-17-10(2)14(22-13)15(20)18-12-9-11(21-19-12)16(3,4)5/h9H,6-8H2,1-5H3,(H,18,19,20). The summed E-state index contributed by atoms with van der Waals surface area (Å²) in [5, 5.41) is 7.71. The molecule has 2 aromatic heterocycles. The van der Waals surface area contributed by atoms with E-state index in [0.29, 0.717) is 10.7 Å². The van der Waals surface area contributed by atoms with Crippen molar-refractivity contribution in [3.63, 3.8) is 0 Å².